The molecule has 1 amide bonds. The van der Waals surface area contributed by atoms with E-state index in [1.54, 1.807) is 0 Å². The molecule has 4 nitrogen and oxygen atoms in total. The molecule has 0 aromatic rings. The van der Waals surface area contributed by atoms with Crippen molar-refractivity contribution in [3.8, 4) is 0 Å². The van der Waals surface area contributed by atoms with Crippen LogP contribution in [0.3, 0.4) is 0 Å². The summed E-state index contributed by atoms with van der Waals surface area (Å²) in [7, 11) is 0. The molecule has 0 unspecified atom stereocenters. The van der Waals surface area contributed by atoms with Crippen LogP contribution in [0.25, 0.3) is 0 Å². The normalized spacial score (nSPS) is 36.4. The van der Waals surface area contributed by atoms with Gasteiger partial charge in [-0.3, -0.25) is 9.69 Å². The number of rotatable bonds is 3. The van der Waals surface area contributed by atoms with Crippen LogP contribution >= 0.6 is 0 Å². The summed E-state index contributed by atoms with van der Waals surface area (Å²) in [6.45, 7) is 4.98. The van der Waals surface area contributed by atoms with Gasteiger partial charge in [0.15, 0.2) is 0 Å². The van der Waals surface area contributed by atoms with Crippen molar-refractivity contribution in [3.63, 3.8) is 0 Å². The van der Waals surface area contributed by atoms with Crippen molar-refractivity contribution in [2.75, 3.05) is 19.7 Å². The van der Waals surface area contributed by atoms with E-state index < -0.39 is 0 Å². The van der Waals surface area contributed by atoms with Gasteiger partial charge >= 0.3 is 0 Å². The van der Waals surface area contributed by atoms with Gasteiger partial charge in [0.05, 0.1) is 12.7 Å². The summed E-state index contributed by atoms with van der Waals surface area (Å²) in [6.07, 6.45) is 7.26. The van der Waals surface area contributed by atoms with Crippen molar-refractivity contribution in [1.29, 1.82) is 0 Å². The van der Waals surface area contributed by atoms with Crippen LogP contribution in [0.4, 0.5) is 0 Å². The van der Waals surface area contributed by atoms with Crippen molar-refractivity contribution < 1.29 is 9.53 Å². The van der Waals surface area contributed by atoms with Gasteiger partial charge in [-0.1, -0.05) is 12.8 Å². The maximum Gasteiger partial charge on any atom is 0.220 e. The highest BCUT2D eigenvalue weighted by Gasteiger charge is 2.36. The number of amides is 1. The number of carbonyl (C=O) groups excluding carboxylic acids is 1. The van der Waals surface area contributed by atoms with Gasteiger partial charge in [-0.25, -0.2) is 0 Å². The first-order valence-corrected chi connectivity index (χ1v) is 7.85. The van der Waals surface area contributed by atoms with E-state index >= 15 is 0 Å². The predicted octanol–water partition coefficient (Wildman–Crippen LogP) is 1.54. The van der Waals surface area contributed by atoms with E-state index in [9.17, 15) is 4.79 Å². The Balaban J connectivity index is 1.44. The van der Waals surface area contributed by atoms with Crippen LogP contribution in [-0.4, -0.2) is 48.7 Å². The van der Waals surface area contributed by atoms with Gasteiger partial charge in [-0.2, -0.15) is 0 Å². The molecule has 0 spiro atoms. The summed E-state index contributed by atoms with van der Waals surface area (Å²) >= 11 is 0. The maximum atomic E-state index is 12.1. The number of nitrogens with one attached hydrogen (secondary N) is 1. The van der Waals surface area contributed by atoms with Gasteiger partial charge in [0.1, 0.15) is 0 Å². The number of nitrogens with zero attached hydrogens (tertiary/aromatic N) is 1. The summed E-state index contributed by atoms with van der Waals surface area (Å²) in [4.78, 5) is 14.5. The second-order valence-corrected chi connectivity index (χ2v) is 6.61. The lowest BCUT2D eigenvalue weighted by Crippen LogP contribution is -2.45. The van der Waals surface area contributed by atoms with E-state index in [0.29, 0.717) is 24.1 Å². The fourth-order valence-electron chi connectivity index (χ4n) is 3.91. The minimum absolute atomic E-state index is 0.269. The monoisotopic (exact) mass is 266 g/mol. The van der Waals surface area contributed by atoms with Crippen LogP contribution in [0.15, 0.2) is 0 Å². The lowest BCUT2D eigenvalue weighted by molar-refractivity contribution is -0.122. The smallest absolute Gasteiger partial charge is 0.220 e. The van der Waals surface area contributed by atoms with Gasteiger partial charge in [0.2, 0.25) is 5.91 Å². The molecule has 4 heteroatoms. The molecule has 0 bridgehead atoms. The molecule has 2 aliphatic heterocycles. The van der Waals surface area contributed by atoms with Crippen molar-refractivity contribution in [3.05, 3.63) is 0 Å². The molecule has 3 rings (SSSR count). The Bertz CT molecular complexity index is 328. The van der Waals surface area contributed by atoms with E-state index in [1.165, 1.54) is 25.7 Å². The third-order valence-electron chi connectivity index (χ3n) is 4.91. The Morgan fingerprint density at radius 3 is 2.89 bits per heavy atom. The number of carbonyl (C=O) groups is 1. The van der Waals surface area contributed by atoms with Gasteiger partial charge < -0.3 is 10.1 Å². The molecular weight excluding hydrogens is 240 g/mol. The predicted molar refractivity (Wildman–Crippen MR) is 73.9 cm³/mol. The zero-order valence-electron chi connectivity index (χ0n) is 11.9. The van der Waals surface area contributed by atoms with Crippen molar-refractivity contribution in [2.45, 2.75) is 63.6 Å². The molecule has 0 aromatic heterocycles. The van der Waals surface area contributed by atoms with Crippen LogP contribution in [-0.2, 0) is 9.53 Å². The molecular formula is C15H26N2O2. The number of hydrogen-bond acceptors (Lipinski definition) is 3. The highest BCUT2D eigenvalue weighted by molar-refractivity contribution is 5.76. The van der Waals surface area contributed by atoms with Gasteiger partial charge in [-0.15, -0.1) is 0 Å². The molecule has 1 aliphatic carbocycles. The average molecular weight is 266 g/mol. The van der Waals surface area contributed by atoms with Gasteiger partial charge in [0, 0.05) is 31.6 Å². The molecule has 108 valence electrons. The molecule has 1 saturated carbocycles. The molecule has 2 heterocycles. The lowest BCUT2D eigenvalue weighted by Gasteiger charge is -2.33. The van der Waals surface area contributed by atoms with Crippen LogP contribution < -0.4 is 5.32 Å². The number of fused-ring (bicyclic) bond motifs is 1. The van der Waals surface area contributed by atoms with Crippen molar-refractivity contribution >= 4 is 5.91 Å². The Kier molecular flexibility index (Phi) is 4.08. The summed E-state index contributed by atoms with van der Waals surface area (Å²) in [5.74, 6) is 0.915. The topological polar surface area (TPSA) is 41.6 Å². The first-order chi connectivity index (χ1) is 9.20. The molecule has 0 radical (unpaired) electrons. The number of ether oxygens (including phenoxy) is 1. The summed E-state index contributed by atoms with van der Waals surface area (Å²) in [5, 5.41) is 3.24. The highest BCUT2D eigenvalue weighted by Crippen LogP contribution is 2.28. The highest BCUT2D eigenvalue weighted by atomic mass is 16.5. The molecule has 0 aromatic carbocycles. The zero-order chi connectivity index (χ0) is 13.2. The third kappa shape index (κ3) is 3.29. The lowest BCUT2D eigenvalue weighted by atomic mass is 10.0. The standard InChI is InChI=1S/C15H26N2O2/c1-11-8-17-9-13(7-14(17)10-19-11)16-15(18)6-12-4-2-3-5-12/h11-14H,2-10H2,1H3,(H,16,18)/t11-,13+,14+/m1/s1. The molecule has 3 aliphatic rings. The largest absolute Gasteiger partial charge is 0.376 e. The quantitative estimate of drug-likeness (QED) is 0.842. The Labute approximate surface area is 115 Å². The van der Waals surface area contributed by atoms with Crippen molar-refractivity contribution in [2.24, 2.45) is 5.92 Å². The number of hydrogen-bond donors (Lipinski definition) is 1. The van der Waals surface area contributed by atoms with E-state index in [2.05, 4.69) is 17.1 Å². The fourth-order valence-corrected chi connectivity index (χ4v) is 3.91. The second kappa shape index (κ2) is 5.80. The fraction of sp³-hybridized carbons (Fsp3) is 0.933. The van der Waals surface area contributed by atoms with E-state index in [1.807, 2.05) is 0 Å². The second-order valence-electron chi connectivity index (χ2n) is 6.61. The van der Waals surface area contributed by atoms with Gasteiger partial charge in [0.25, 0.3) is 0 Å². The van der Waals surface area contributed by atoms with Gasteiger partial charge in [-0.05, 0) is 32.1 Å². The molecule has 3 atom stereocenters. The third-order valence-corrected chi connectivity index (χ3v) is 4.91. The Hall–Kier alpha value is -0.610. The van der Waals surface area contributed by atoms with E-state index in [-0.39, 0.29) is 5.91 Å². The first-order valence-electron chi connectivity index (χ1n) is 7.85. The Morgan fingerprint density at radius 2 is 2.11 bits per heavy atom. The van der Waals surface area contributed by atoms with Crippen LogP contribution in [0.1, 0.15) is 45.4 Å². The average Bonchev–Trinajstić information content (AvgIpc) is 2.97. The summed E-state index contributed by atoms with van der Waals surface area (Å²) < 4.78 is 5.70. The SMILES string of the molecule is C[C@@H]1CN2C[C@@H](NC(=O)CC3CCCC3)C[C@H]2CO1. The minimum Gasteiger partial charge on any atom is -0.376 e. The van der Waals surface area contributed by atoms with E-state index in [4.69, 9.17) is 4.74 Å². The summed E-state index contributed by atoms with van der Waals surface area (Å²) in [5.41, 5.74) is 0. The Morgan fingerprint density at radius 1 is 1.32 bits per heavy atom. The molecule has 1 N–H and O–H groups in total. The van der Waals surface area contributed by atoms with Crippen LogP contribution in [0.2, 0.25) is 0 Å². The van der Waals surface area contributed by atoms with Crippen LogP contribution in [0.5, 0.6) is 0 Å². The summed E-state index contributed by atoms with van der Waals surface area (Å²) in [6, 6.07) is 0.862. The van der Waals surface area contributed by atoms with Crippen LogP contribution in [0, 0.1) is 5.92 Å². The minimum atomic E-state index is 0.269. The molecule has 3 fully saturated rings. The maximum absolute atomic E-state index is 12.1. The molecule has 19 heavy (non-hydrogen) atoms. The van der Waals surface area contributed by atoms with Crippen molar-refractivity contribution in [1.82, 2.24) is 10.2 Å². The van der Waals surface area contributed by atoms with E-state index in [0.717, 1.165) is 32.5 Å². The first kappa shape index (κ1) is 13.4. The molecule has 2 saturated heterocycles. The number of morpholine rings is 1. The zero-order valence-corrected chi connectivity index (χ0v) is 11.9.